The zero-order valence-corrected chi connectivity index (χ0v) is 9.75. The van der Waals surface area contributed by atoms with E-state index < -0.39 is 5.69 Å². The molecule has 17 heavy (non-hydrogen) atoms. The van der Waals surface area contributed by atoms with Crippen molar-refractivity contribution in [3.63, 3.8) is 0 Å². The van der Waals surface area contributed by atoms with Gasteiger partial charge in [-0.2, -0.15) is 4.98 Å². The van der Waals surface area contributed by atoms with Crippen LogP contribution in [0.3, 0.4) is 0 Å². The van der Waals surface area contributed by atoms with E-state index in [0.717, 1.165) is 17.7 Å². The molecule has 0 aliphatic rings. The van der Waals surface area contributed by atoms with Gasteiger partial charge in [-0.05, 0) is 18.1 Å². The number of aromatic nitrogens is 3. The van der Waals surface area contributed by atoms with Gasteiger partial charge in [0, 0.05) is 0 Å². The standard InChI is InChI=1S/C12H13N3O2/c1-3-9-6-4-5-7-10(9)15-8-13-11(17-2)14-12(15)16/h4-8H,3H2,1-2H3. The minimum absolute atomic E-state index is 0.0835. The quantitative estimate of drug-likeness (QED) is 0.796. The van der Waals surface area contributed by atoms with E-state index in [1.807, 2.05) is 31.2 Å². The Labute approximate surface area is 98.7 Å². The lowest BCUT2D eigenvalue weighted by Gasteiger charge is -2.09. The molecule has 0 atom stereocenters. The third-order valence-corrected chi connectivity index (χ3v) is 2.50. The molecule has 0 radical (unpaired) electrons. The second kappa shape index (κ2) is 4.78. The normalized spacial score (nSPS) is 10.2. The van der Waals surface area contributed by atoms with Gasteiger partial charge < -0.3 is 4.74 Å². The molecule has 88 valence electrons. The SMILES string of the molecule is CCc1ccccc1-n1cnc(OC)nc1=O. The fourth-order valence-electron chi connectivity index (χ4n) is 1.63. The van der Waals surface area contributed by atoms with E-state index in [9.17, 15) is 4.79 Å². The van der Waals surface area contributed by atoms with Crippen molar-refractivity contribution >= 4 is 0 Å². The summed E-state index contributed by atoms with van der Waals surface area (Å²) in [6.07, 6.45) is 2.28. The molecule has 5 nitrogen and oxygen atoms in total. The third kappa shape index (κ3) is 2.18. The Kier molecular flexibility index (Phi) is 3.18. The van der Waals surface area contributed by atoms with Crippen LogP contribution < -0.4 is 10.4 Å². The van der Waals surface area contributed by atoms with Crippen molar-refractivity contribution in [2.75, 3.05) is 7.11 Å². The first kappa shape index (κ1) is 11.3. The first-order chi connectivity index (χ1) is 8.26. The molecule has 0 bridgehead atoms. The van der Waals surface area contributed by atoms with Crippen molar-refractivity contribution < 1.29 is 4.74 Å². The lowest BCUT2D eigenvalue weighted by molar-refractivity contribution is 0.374. The Bertz CT molecular complexity index is 578. The molecule has 1 aromatic heterocycles. The molecular weight excluding hydrogens is 218 g/mol. The molecule has 0 spiro atoms. The Balaban J connectivity index is 2.57. The fraction of sp³-hybridized carbons (Fsp3) is 0.250. The Morgan fingerprint density at radius 2 is 2.12 bits per heavy atom. The van der Waals surface area contributed by atoms with Crippen molar-refractivity contribution in [2.45, 2.75) is 13.3 Å². The summed E-state index contributed by atoms with van der Waals surface area (Å²) in [6.45, 7) is 2.04. The third-order valence-electron chi connectivity index (χ3n) is 2.50. The van der Waals surface area contributed by atoms with Crippen LogP contribution in [0.25, 0.3) is 5.69 Å². The Morgan fingerprint density at radius 3 is 2.76 bits per heavy atom. The van der Waals surface area contributed by atoms with Crippen LogP contribution >= 0.6 is 0 Å². The maximum Gasteiger partial charge on any atom is 0.358 e. The van der Waals surface area contributed by atoms with Gasteiger partial charge in [0.15, 0.2) is 0 Å². The van der Waals surface area contributed by atoms with Crippen LogP contribution in [-0.2, 0) is 6.42 Å². The molecule has 0 aliphatic heterocycles. The number of ether oxygens (including phenoxy) is 1. The lowest BCUT2D eigenvalue weighted by atomic mass is 10.1. The first-order valence-corrected chi connectivity index (χ1v) is 5.34. The van der Waals surface area contributed by atoms with Gasteiger partial charge in [0.05, 0.1) is 12.8 Å². The van der Waals surface area contributed by atoms with Crippen molar-refractivity contribution in [1.82, 2.24) is 14.5 Å². The van der Waals surface area contributed by atoms with E-state index in [1.54, 1.807) is 0 Å². The number of hydrogen-bond acceptors (Lipinski definition) is 4. The summed E-state index contributed by atoms with van der Waals surface area (Å²) >= 11 is 0. The van der Waals surface area contributed by atoms with E-state index in [1.165, 1.54) is 18.0 Å². The molecule has 0 aliphatic carbocycles. The minimum atomic E-state index is -0.391. The summed E-state index contributed by atoms with van der Waals surface area (Å²) < 4.78 is 6.22. The van der Waals surface area contributed by atoms with E-state index in [0.29, 0.717) is 0 Å². The Hall–Kier alpha value is -2.17. The van der Waals surface area contributed by atoms with Crippen LogP contribution in [0.5, 0.6) is 6.01 Å². The highest BCUT2D eigenvalue weighted by molar-refractivity contribution is 5.40. The zero-order chi connectivity index (χ0) is 12.3. The molecular formula is C12H13N3O2. The number of benzene rings is 1. The average molecular weight is 231 g/mol. The highest BCUT2D eigenvalue weighted by atomic mass is 16.5. The summed E-state index contributed by atoms with van der Waals surface area (Å²) in [7, 11) is 1.43. The summed E-state index contributed by atoms with van der Waals surface area (Å²) in [5.74, 6) is 0. The molecule has 2 aromatic rings. The summed E-state index contributed by atoms with van der Waals surface area (Å²) in [6, 6.07) is 7.76. The molecule has 1 heterocycles. The van der Waals surface area contributed by atoms with Gasteiger partial charge in [-0.25, -0.2) is 4.79 Å². The number of rotatable bonds is 3. The maximum absolute atomic E-state index is 11.8. The number of nitrogens with zero attached hydrogens (tertiary/aromatic N) is 3. The predicted molar refractivity (Wildman–Crippen MR) is 63.6 cm³/mol. The van der Waals surface area contributed by atoms with Gasteiger partial charge in [-0.1, -0.05) is 25.1 Å². The van der Waals surface area contributed by atoms with Crippen LogP contribution in [-0.4, -0.2) is 21.6 Å². The van der Waals surface area contributed by atoms with Gasteiger partial charge in [0.2, 0.25) is 0 Å². The van der Waals surface area contributed by atoms with Crippen molar-refractivity contribution in [1.29, 1.82) is 0 Å². The van der Waals surface area contributed by atoms with Gasteiger partial charge in [-0.3, -0.25) is 4.57 Å². The molecule has 0 saturated heterocycles. The van der Waals surface area contributed by atoms with Crippen molar-refractivity contribution in [3.05, 3.63) is 46.6 Å². The summed E-state index contributed by atoms with van der Waals surface area (Å²) in [5.41, 5.74) is 1.49. The average Bonchev–Trinajstić information content (AvgIpc) is 2.38. The fourth-order valence-corrected chi connectivity index (χ4v) is 1.63. The molecule has 0 amide bonds. The van der Waals surface area contributed by atoms with Crippen molar-refractivity contribution in [2.24, 2.45) is 0 Å². The highest BCUT2D eigenvalue weighted by Crippen LogP contribution is 2.12. The van der Waals surface area contributed by atoms with Crippen LogP contribution in [0.1, 0.15) is 12.5 Å². The van der Waals surface area contributed by atoms with E-state index in [-0.39, 0.29) is 6.01 Å². The molecule has 2 rings (SSSR count). The molecule has 0 N–H and O–H groups in total. The minimum Gasteiger partial charge on any atom is -0.467 e. The second-order valence-corrected chi connectivity index (χ2v) is 3.48. The summed E-state index contributed by atoms with van der Waals surface area (Å²) in [4.78, 5) is 19.5. The monoisotopic (exact) mass is 231 g/mol. The van der Waals surface area contributed by atoms with Gasteiger partial charge in [-0.15, -0.1) is 4.98 Å². The van der Waals surface area contributed by atoms with Gasteiger partial charge >= 0.3 is 11.7 Å². The largest absolute Gasteiger partial charge is 0.467 e. The van der Waals surface area contributed by atoms with Crippen molar-refractivity contribution in [3.8, 4) is 11.7 Å². The topological polar surface area (TPSA) is 57.0 Å². The smallest absolute Gasteiger partial charge is 0.358 e. The van der Waals surface area contributed by atoms with E-state index in [4.69, 9.17) is 4.74 Å². The molecule has 0 fully saturated rings. The van der Waals surface area contributed by atoms with Crippen LogP contribution in [0, 0.1) is 0 Å². The van der Waals surface area contributed by atoms with Gasteiger partial charge in [0.25, 0.3) is 0 Å². The molecule has 0 saturated carbocycles. The number of aryl methyl sites for hydroxylation is 1. The second-order valence-electron chi connectivity index (χ2n) is 3.48. The first-order valence-electron chi connectivity index (χ1n) is 5.34. The van der Waals surface area contributed by atoms with Crippen LogP contribution in [0.15, 0.2) is 35.4 Å². The Morgan fingerprint density at radius 1 is 1.35 bits per heavy atom. The zero-order valence-electron chi connectivity index (χ0n) is 9.75. The van der Waals surface area contributed by atoms with E-state index in [2.05, 4.69) is 9.97 Å². The number of hydrogen-bond donors (Lipinski definition) is 0. The van der Waals surface area contributed by atoms with E-state index >= 15 is 0 Å². The summed E-state index contributed by atoms with van der Waals surface area (Å²) in [5, 5.41) is 0. The number of methoxy groups -OCH3 is 1. The molecule has 5 heteroatoms. The number of para-hydroxylation sites is 1. The van der Waals surface area contributed by atoms with Gasteiger partial charge in [0.1, 0.15) is 6.33 Å². The maximum atomic E-state index is 11.8. The van der Waals surface area contributed by atoms with Crippen LogP contribution in [0.4, 0.5) is 0 Å². The molecule has 1 aromatic carbocycles. The van der Waals surface area contributed by atoms with Crippen LogP contribution in [0.2, 0.25) is 0 Å². The highest BCUT2D eigenvalue weighted by Gasteiger charge is 2.06. The predicted octanol–water partition coefficient (Wildman–Crippen LogP) is 1.20. The lowest BCUT2D eigenvalue weighted by Crippen LogP contribution is -2.23. The molecule has 0 unspecified atom stereocenters.